The fourth-order valence-corrected chi connectivity index (χ4v) is 6.82. The molecular formula is C26H31N3O5S2. The molecule has 1 aliphatic heterocycles. The summed E-state index contributed by atoms with van der Waals surface area (Å²) in [6.07, 6.45) is 1.74. The van der Waals surface area contributed by atoms with Crippen molar-refractivity contribution in [3.63, 3.8) is 0 Å². The number of hydrogen-bond acceptors (Lipinski definition) is 6. The molecule has 10 heteroatoms. The molecule has 0 atom stereocenters. The summed E-state index contributed by atoms with van der Waals surface area (Å²) >= 11 is 1.37. The van der Waals surface area contributed by atoms with Crippen LogP contribution in [0.2, 0.25) is 0 Å². The molecule has 0 aliphatic carbocycles. The first-order valence-electron chi connectivity index (χ1n) is 11.8. The lowest BCUT2D eigenvalue weighted by molar-refractivity contribution is 0.0997. The summed E-state index contributed by atoms with van der Waals surface area (Å²) in [5.41, 5.74) is 1.18. The molecule has 0 saturated heterocycles. The van der Waals surface area contributed by atoms with E-state index in [0.717, 1.165) is 10.2 Å². The predicted octanol–water partition coefficient (Wildman–Crippen LogP) is 4.66. The van der Waals surface area contributed by atoms with Gasteiger partial charge in [-0.2, -0.15) is 9.30 Å². The molecule has 4 rings (SSSR count). The maximum atomic E-state index is 13.3. The van der Waals surface area contributed by atoms with Gasteiger partial charge < -0.3 is 14.0 Å². The Labute approximate surface area is 215 Å². The first kappa shape index (κ1) is 26.1. The van der Waals surface area contributed by atoms with E-state index in [2.05, 4.69) is 11.6 Å². The fraction of sp³-hybridized carbons (Fsp3) is 0.385. The summed E-state index contributed by atoms with van der Waals surface area (Å²) in [6, 6.07) is 9.75. The Morgan fingerprint density at radius 1 is 1.11 bits per heavy atom. The van der Waals surface area contributed by atoms with E-state index in [0.29, 0.717) is 41.5 Å². The zero-order chi connectivity index (χ0) is 26.0. The molecule has 3 aromatic rings. The number of nitrogens with zero attached hydrogens (tertiary/aromatic N) is 3. The summed E-state index contributed by atoms with van der Waals surface area (Å²) in [4.78, 5) is 18.0. The molecule has 0 radical (unpaired) electrons. The van der Waals surface area contributed by atoms with Crippen molar-refractivity contribution < 1.29 is 22.7 Å². The monoisotopic (exact) mass is 529 g/mol. The van der Waals surface area contributed by atoms with Crippen molar-refractivity contribution in [3.8, 4) is 11.5 Å². The molecule has 0 N–H and O–H groups in total. The van der Waals surface area contributed by atoms with Gasteiger partial charge in [-0.05, 0) is 36.1 Å². The lowest BCUT2D eigenvalue weighted by Crippen LogP contribution is -2.37. The van der Waals surface area contributed by atoms with Crippen LogP contribution in [0.25, 0.3) is 10.2 Å². The number of thiazole rings is 1. The van der Waals surface area contributed by atoms with Gasteiger partial charge in [-0.1, -0.05) is 45.1 Å². The molecule has 36 heavy (non-hydrogen) atoms. The third-order valence-corrected chi connectivity index (χ3v) is 8.45. The van der Waals surface area contributed by atoms with Gasteiger partial charge in [0, 0.05) is 37.3 Å². The maximum absolute atomic E-state index is 13.3. The highest BCUT2D eigenvalue weighted by atomic mass is 32.2. The van der Waals surface area contributed by atoms with Gasteiger partial charge in [0.05, 0.1) is 15.1 Å². The number of benzene rings is 2. The Kier molecular flexibility index (Phi) is 7.67. The first-order chi connectivity index (χ1) is 17.1. The molecule has 0 saturated carbocycles. The summed E-state index contributed by atoms with van der Waals surface area (Å²) in [5, 5.41) is 0. The summed E-state index contributed by atoms with van der Waals surface area (Å²) in [7, 11) is -3.67. The average Bonchev–Trinajstić information content (AvgIpc) is 3.40. The normalized spacial score (nSPS) is 13.9. The summed E-state index contributed by atoms with van der Waals surface area (Å²) in [6.45, 7) is 13.3. The summed E-state index contributed by atoms with van der Waals surface area (Å²) in [5.74, 6) is 1.25. The second-order valence-corrected chi connectivity index (χ2v) is 12.5. The van der Waals surface area contributed by atoms with Crippen LogP contribution in [0.15, 0.2) is 58.9 Å². The van der Waals surface area contributed by atoms with Crippen molar-refractivity contribution >= 4 is 37.5 Å². The zero-order valence-corrected chi connectivity index (χ0v) is 22.6. The quantitative estimate of drug-likeness (QED) is 0.376. The van der Waals surface area contributed by atoms with Crippen LogP contribution in [-0.4, -0.2) is 43.1 Å². The minimum absolute atomic E-state index is 0.165. The predicted molar refractivity (Wildman–Crippen MR) is 141 cm³/mol. The first-order valence-corrected chi connectivity index (χ1v) is 14.1. The number of carbonyl (C=O) groups excluding carboxylic acids is 1. The molecule has 1 aromatic heterocycles. The molecule has 8 nitrogen and oxygen atoms in total. The van der Waals surface area contributed by atoms with Crippen molar-refractivity contribution in [1.29, 1.82) is 0 Å². The molecule has 1 amide bonds. The van der Waals surface area contributed by atoms with Gasteiger partial charge in [0.1, 0.15) is 0 Å². The number of allylic oxidation sites excluding steroid dienone is 1. The van der Waals surface area contributed by atoms with Gasteiger partial charge in [0.2, 0.25) is 16.8 Å². The minimum atomic E-state index is -3.67. The van der Waals surface area contributed by atoms with Crippen LogP contribution in [0.4, 0.5) is 0 Å². The van der Waals surface area contributed by atoms with Crippen molar-refractivity contribution in [2.75, 3.05) is 19.9 Å². The van der Waals surface area contributed by atoms with Crippen LogP contribution in [0.3, 0.4) is 0 Å². The van der Waals surface area contributed by atoms with Crippen LogP contribution >= 0.6 is 11.3 Å². The molecule has 192 valence electrons. The number of fused-ring (bicyclic) bond motifs is 2. The fourth-order valence-electron chi connectivity index (χ4n) is 4.01. The van der Waals surface area contributed by atoms with Crippen molar-refractivity contribution in [2.24, 2.45) is 16.8 Å². The van der Waals surface area contributed by atoms with E-state index in [1.807, 2.05) is 44.4 Å². The Bertz CT molecular complexity index is 1440. The maximum Gasteiger partial charge on any atom is 0.279 e. The van der Waals surface area contributed by atoms with Crippen LogP contribution in [0.1, 0.15) is 38.1 Å². The molecule has 2 heterocycles. The molecular weight excluding hydrogens is 498 g/mol. The van der Waals surface area contributed by atoms with E-state index in [1.54, 1.807) is 6.08 Å². The summed E-state index contributed by atoms with van der Waals surface area (Å²) < 4.78 is 41.8. The van der Waals surface area contributed by atoms with E-state index < -0.39 is 15.9 Å². The molecule has 2 aromatic carbocycles. The van der Waals surface area contributed by atoms with Gasteiger partial charge in [-0.25, -0.2) is 8.42 Å². The number of sulfonamides is 1. The number of carbonyl (C=O) groups is 1. The van der Waals surface area contributed by atoms with Gasteiger partial charge in [-0.3, -0.25) is 4.79 Å². The molecule has 1 aliphatic rings. The van der Waals surface area contributed by atoms with E-state index in [-0.39, 0.29) is 23.5 Å². The van der Waals surface area contributed by atoms with Gasteiger partial charge in [0.15, 0.2) is 16.3 Å². The van der Waals surface area contributed by atoms with E-state index >= 15 is 0 Å². The van der Waals surface area contributed by atoms with Crippen molar-refractivity contribution in [2.45, 2.75) is 39.1 Å². The Morgan fingerprint density at radius 3 is 2.31 bits per heavy atom. The van der Waals surface area contributed by atoms with Crippen molar-refractivity contribution in [1.82, 2.24) is 8.87 Å². The molecule has 0 bridgehead atoms. The number of hydrogen-bond donors (Lipinski definition) is 0. The zero-order valence-electron chi connectivity index (χ0n) is 20.9. The smallest absolute Gasteiger partial charge is 0.279 e. The van der Waals surface area contributed by atoms with Gasteiger partial charge >= 0.3 is 0 Å². The lowest BCUT2D eigenvalue weighted by Gasteiger charge is -2.25. The van der Waals surface area contributed by atoms with Crippen LogP contribution < -0.4 is 14.3 Å². The van der Waals surface area contributed by atoms with Crippen LogP contribution in [0.5, 0.6) is 11.5 Å². The number of amides is 1. The van der Waals surface area contributed by atoms with E-state index in [4.69, 9.17) is 9.47 Å². The van der Waals surface area contributed by atoms with Crippen LogP contribution in [0, 0.1) is 11.8 Å². The lowest BCUT2D eigenvalue weighted by atomic mass is 10.2. The Hall–Kier alpha value is -2.95. The topological polar surface area (TPSA) is 90.2 Å². The Morgan fingerprint density at radius 2 is 1.72 bits per heavy atom. The number of ether oxygens (including phenoxy) is 2. The third-order valence-electron chi connectivity index (χ3n) is 5.56. The Balaban J connectivity index is 1.65. The highest BCUT2D eigenvalue weighted by Gasteiger charge is 2.26. The van der Waals surface area contributed by atoms with E-state index in [1.165, 1.54) is 39.9 Å². The minimum Gasteiger partial charge on any atom is -0.454 e. The molecule has 0 fully saturated rings. The standard InChI is InChI=1S/C26H31N3O5S2/c1-6-11-29-21-12-22-23(34-16-33-22)13-24(21)35-26(29)27-25(30)19-7-9-20(10-8-19)36(31,32)28(14-17(2)3)15-18(4)5/h6-10,12-13,17-18H,1,11,14-16H2,2-5H3. The highest BCUT2D eigenvalue weighted by Crippen LogP contribution is 2.37. The van der Waals surface area contributed by atoms with Crippen LogP contribution in [-0.2, 0) is 16.6 Å². The second kappa shape index (κ2) is 10.6. The van der Waals surface area contributed by atoms with Gasteiger partial charge in [-0.15, -0.1) is 6.58 Å². The largest absolute Gasteiger partial charge is 0.454 e. The number of aromatic nitrogens is 1. The van der Waals surface area contributed by atoms with E-state index in [9.17, 15) is 13.2 Å². The average molecular weight is 530 g/mol. The SMILES string of the molecule is C=CCn1c(=NC(=O)c2ccc(S(=O)(=O)N(CC(C)C)CC(C)C)cc2)sc2cc3c(cc21)OCO3. The molecule has 0 unspecified atom stereocenters. The molecule has 0 spiro atoms. The third kappa shape index (κ3) is 5.40. The highest BCUT2D eigenvalue weighted by molar-refractivity contribution is 7.89. The van der Waals surface area contributed by atoms with Gasteiger partial charge in [0.25, 0.3) is 5.91 Å². The number of rotatable bonds is 9. The second-order valence-electron chi connectivity index (χ2n) is 9.51. The van der Waals surface area contributed by atoms with Crippen molar-refractivity contribution in [3.05, 3.63) is 59.4 Å².